The van der Waals surface area contributed by atoms with Crippen molar-refractivity contribution in [3.05, 3.63) is 64.2 Å². The lowest BCUT2D eigenvalue weighted by molar-refractivity contribution is -0.384. The Bertz CT molecular complexity index is 705. The zero-order chi connectivity index (χ0) is 16.8. The summed E-state index contributed by atoms with van der Waals surface area (Å²) < 4.78 is 0. The van der Waals surface area contributed by atoms with Gasteiger partial charge in [-0.1, -0.05) is 12.1 Å². The smallest absolute Gasteiger partial charge is 0.269 e. The van der Waals surface area contributed by atoms with E-state index in [1.807, 2.05) is 12.1 Å². The maximum absolute atomic E-state index is 10.6. The number of piperidine rings is 1. The molecule has 0 bridgehead atoms. The molecular formula is C18H20N4O2. The molecule has 0 amide bonds. The van der Waals surface area contributed by atoms with Crippen LogP contribution in [0.25, 0.3) is 0 Å². The van der Waals surface area contributed by atoms with Crippen LogP contribution in [0.3, 0.4) is 0 Å². The van der Waals surface area contributed by atoms with Gasteiger partial charge in [0, 0.05) is 30.9 Å². The summed E-state index contributed by atoms with van der Waals surface area (Å²) in [7, 11) is 0. The van der Waals surface area contributed by atoms with Crippen LogP contribution in [0, 0.1) is 10.1 Å². The third-order valence-corrected chi connectivity index (χ3v) is 4.10. The van der Waals surface area contributed by atoms with Crippen LogP contribution in [-0.2, 0) is 0 Å². The molecule has 0 atom stereocenters. The Balaban J connectivity index is 1.57. The van der Waals surface area contributed by atoms with Crippen LogP contribution in [0.15, 0.2) is 53.6 Å². The Morgan fingerprint density at radius 3 is 2.29 bits per heavy atom. The molecule has 124 valence electrons. The van der Waals surface area contributed by atoms with Gasteiger partial charge >= 0.3 is 0 Å². The van der Waals surface area contributed by atoms with Gasteiger partial charge in [-0.25, -0.2) is 0 Å². The van der Waals surface area contributed by atoms with Gasteiger partial charge in [0.2, 0.25) is 0 Å². The fraction of sp³-hybridized carbons (Fsp3) is 0.278. The molecule has 1 fully saturated rings. The number of nitrogens with one attached hydrogen (secondary N) is 1. The predicted molar refractivity (Wildman–Crippen MR) is 96.8 cm³/mol. The zero-order valence-electron chi connectivity index (χ0n) is 13.4. The van der Waals surface area contributed by atoms with E-state index in [0.29, 0.717) is 5.69 Å². The van der Waals surface area contributed by atoms with Crippen molar-refractivity contribution in [2.24, 2.45) is 5.10 Å². The Morgan fingerprint density at radius 1 is 1.00 bits per heavy atom. The maximum atomic E-state index is 10.6. The summed E-state index contributed by atoms with van der Waals surface area (Å²) >= 11 is 0. The molecule has 2 aromatic carbocycles. The molecule has 1 N–H and O–H groups in total. The number of hydrogen-bond acceptors (Lipinski definition) is 5. The van der Waals surface area contributed by atoms with E-state index in [0.717, 1.165) is 18.7 Å². The molecular weight excluding hydrogens is 304 g/mol. The van der Waals surface area contributed by atoms with Crippen LogP contribution in [0.5, 0.6) is 0 Å². The lowest BCUT2D eigenvalue weighted by atomic mass is 10.1. The fourth-order valence-corrected chi connectivity index (χ4v) is 2.76. The Morgan fingerprint density at radius 2 is 1.67 bits per heavy atom. The summed E-state index contributed by atoms with van der Waals surface area (Å²) in [6.45, 7) is 2.27. The number of nitro benzene ring substituents is 1. The molecule has 0 radical (unpaired) electrons. The number of nitrogens with zero attached hydrogens (tertiary/aromatic N) is 3. The van der Waals surface area contributed by atoms with Gasteiger partial charge in [-0.05, 0) is 49.1 Å². The quantitative estimate of drug-likeness (QED) is 0.512. The summed E-state index contributed by atoms with van der Waals surface area (Å²) in [4.78, 5) is 12.6. The average molecular weight is 324 g/mol. The average Bonchev–Trinajstić information content (AvgIpc) is 2.63. The molecule has 1 aliphatic heterocycles. The van der Waals surface area contributed by atoms with E-state index < -0.39 is 4.92 Å². The molecule has 6 nitrogen and oxygen atoms in total. The number of nitro groups is 1. The van der Waals surface area contributed by atoms with Gasteiger partial charge in [-0.3, -0.25) is 15.5 Å². The van der Waals surface area contributed by atoms with Gasteiger partial charge in [-0.15, -0.1) is 0 Å². The second-order valence-electron chi connectivity index (χ2n) is 5.81. The molecule has 0 aromatic heterocycles. The van der Waals surface area contributed by atoms with E-state index in [1.165, 1.54) is 37.1 Å². The lowest BCUT2D eigenvalue weighted by Gasteiger charge is -2.28. The summed E-state index contributed by atoms with van der Waals surface area (Å²) in [5.41, 5.74) is 5.92. The molecule has 3 rings (SSSR count). The van der Waals surface area contributed by atoms with Crippen molar-refractivity contribution in [1.82, 2.24) is 0 Å². The first-order valence-electron chi connectivity index (χ1n) is 8.11. The highest BCUT2D eigenvalue weighted by atomic mass is 16.6. The van der Waals surface area contributed by atoms with Gasteiger partial charge in [0.05, 0.1) is 16.8 Å². The molecule has 0 unspecified atom stereocenters. The molecule has 2 aromatic rings. The topological polar surface area (TPSA) is 70.8 Å². The summed E-state index contributed by atoms with van der Waals surface area (Å²) in [6, 6.07) is 14.5. The number of hydrogen-bond donors (Lipinski definition) is 1. The van der Waals surface area contributed by atoms with Gasteiger partial charge in [-0.2, -0.15) is 5.10 Å². The van der Waals surface area contributed by atoms with Crippen molar-refractivity contribution in [1.29, 1.82) is 0 Å². The first-order valence-corrected chi connectivity index (χ1v) is 8.11. The Labute approximate surface area is 141 Å². The van der Waals surface area contributed by atoms with Gasteiger partial charge < -0.3 is 4.90 Å². The number of anilines is 2. The first kappa shape index (κ1) is 16.0. The number of non-ortho nitro benzene ring substituents is 1. The Hall–Kier alpha value is -2.89. The van der Waals surface area contributed by atoms with E-state index in [9.17, 15) is 10.1 Å². The molecule has 24 heavy (non-hydrogen) atoms. The Kier molecular flexibility index (Phi) is 5.05. The van der Waals surface area contributed by atoms with Crippen LogP contribution < -0.4 is 10.3 Å². The minimum Gasteiger partial charge on any atom is -0.372 e. The van der Waals surface area contributed by atoms with E-state index in [2.05, 4.69) is 27.6 Å². The van der Waals surface area contributed by atoms with Crippen molar-refractivity contribution in [2.75, 3.05) is 23.4 Å². The molecule has 1 heterocycles. The standard InChI is InChI=1S/C18H20N4O2/c23-22(24)18-10-6-16(7-11-18)20-19-14-15-4-8-17(9-5-15)21-12-2-1-3-13-21/h4-11,14,20H,1-3,12-13H2/b19-14+. The van der Waals surface area contributed by atoms with Crippen LogP contribution in [-0.4, -0.2) is 24.2 Å². The SMILES string of the molecule is O=[N+]([O-])c1ccc(N/N=C/c2ccc(N3CCCCC3)cc2)cc1. The van der Waals surface area contributed by atoms with Gasteiger partial charge in [0.15, 0.2) is 0 Å². The van der Waals surface area contributed by atoms with Crippen molar-refractivity contribution in [3.8, 4) is 0 Å². The lowest BCUT2D eigenvalue weighted by Crippen LogP contribution is -2.29. The van der Waals surface area contributed by atoms with Gasteiger partial charge in [0.1, 0.15) is 0 Å². The monoisotopic (exact) mass is 324 g/mol. The maximum Gasteiger partial charge on any atom is 0.269 e. The van der Waals surface area contributed by atoms with E-state index in [1.54, 1.807) is 18.3 Å². The molecule has 6 heteroatoms. The second-order valence-corrected chi connectivity index (χ2v) is 5.81. The molecule has 1 saturated heterocycles. The second kappa shape index (κ2) is 7.59. The minimum absolute atomic E-state index is 0.0674. The number of benzene rings is 2. The molecule has 0 saturated carbocycles. The van der Waals surface area contributed by atoms with Crippen molar-refractivity contribution in [3.63, 3.8) is 0 Å². The van der Waals surface area contributed by atoms with Crippen molar-refractivity contribution in [2.45, 2.75) is 19.3 Å². The van der Waals surface area contributed by atoms with Crippen LogP contribution >= 0.6 is 0 Å². The van der Waals surface area contributed by atoms with E-state index in [4.69, 9.17) is 0 Å². The third-order valence-electron chi connectivity index (χ3n) is 4.10. The normalized spacial score (nSPS) is 14.8. The third kappa shape index (κ3) is 4.10. The van der Waals surface area contributed by atoms with Gasteiger partial charge in [0.25, 0.3) is 5.69 Å². The van der Waals surface area contributed by atoms with E-state index in [-0.39, 0.29) is 5.69 Å². The number of hydrazone groups is 1. The number of rotatable bonds is 5. The van der Waals surface area contributed by atoms with Crippen LogP contribution in [0.2, 0.25) is 0 Å². The largest absolute Gasteiger partial charge is 0.372 e. The zero-order valence-corrected chi connectivity index (χ0v) is 13.4. The summed E-state index contributed by atoms with van der Waals surface area (Å²) in [5.74, 6) is 0. The van der Waals surface area contributed by atoms with Crippen LogP contribution in [0.1, 0.15) is 24.8 Å². The van der Waals surface area contributed by atoms with Crippen molar-refractivity contribution >= 4 is 23.3 Å². The van der Waals surface area contributed by atoms with Crippen LogP contribution in [0.4, 0.5) is 17.1 Å². The highest BCUT2D eigenvalue weighted by Crippen LogP contribution is 2.20. The van der Waals surface area contributed by atoms with Crippen molar-refractivity contribution < 1.29 is 4.92 Å². The molecule has 1 aliphatic rings. The first-order chi connectivity index (χ1) is 11.7. The highest BCUT2D eigenvalue weighted by Gasteiger charge is 2.10. The van der Waals surface area contributed by atoms with E-state index >= 15 is 0 Å². The fourth-order valence-electron chi connectivity index (χ4n) is 2.76. The summed E-state index contributed by atoms with van der Waals surface area (Å²) in [6.07, 6.45) is 5.60. The predicted octanol–water partition coefficient (Wildman–Crippen LogP) is 4.03. The summed E-state index contributed by atoms with van der Waals surface area (Å²) in [5, 5.41) is 14.8. The minimum atomic E-state index is -0.420. The molecule has 0 aliphatic carbocycles. The highest BCUT2D eigenvalue weighted by molar-refractivity contribution is 5.81. The molecule has 0 spiro atoms.